The Balaban J connectivity index is 1.60. The maximum absolute atomic E-state index is 4.44. The summed E-state index contributed by atoms with van der Waals surface area (Å²) in [6.07, 6.45) is 5.72. The lowest BCUT2D eigenvalue weighted by Gasteiger charge is -2.09. The van der Waals surface area contributed by atoms with Gasteiger partial charge in [0, 0.05) is 18.8 Å². The molecule has 5 heteroatoms. The minimum atomic E-state index is 0.664. The minimum Gasteiger partial charge on any atom is -0.353 e. The average Bonchev–Trinajstić information content (AvgIpc) is 2.97. The molecule has 1 aliphatic heterocycles. The van der Waals surface area contributed by atoms with Gasteiger partial charge in [0.1, 0.15) is 0 Å². The molecular formula is C13H19N5. The van der Waals surface area contributed by atoms with Gasteiger partial charge in [-0.3, -0.25) is 0 Å². The second kappa shape index (κ2) is 4.94. The molecule has 96 valence electrons. The quantitative estimate of drug-likeness (QED) is 0.859. The Morgan fingerprint density at radius 2 is 2.44 bits per heavy atom. The molecule has 0 bridgehead atoms. The van der Waals surface area contributed by atoms with E-state index in [-0.39, 0.29) is 0 Å². The lowest BCUT2D eigenvalue weighted by molar-refractivity contribution is 0.573. The highest BCUT2D eigenvalue weighted by molar-refractivity contribution is 5.44. The van der Waals surface area contributed by atoms with Gasteiger partial charge in [-0.25, -0.2) is 4.52 Å². The molecule has 5 nitrogen and oxygen atoms in total. The van der Waals surface area contributed by atoms with E-state index in [1.54, 1.807) is 0 Å². The third-order valence-corrected chi connectivity index (χ3v) is 3.42. The molecule has 3 heterocycles. The van der Waals surface area contributed by atoms with Gasteiger partial charge in [-0.15, -0.1) is 5.10 Å². The lowest BCUT2D eigenvalue weighted by Crippen LogP contribution is -2.24. The number of fused-ring (bicyclic) bond motifs is 1. The summed E-state index contributed by atoms with van der Waals surface area (Å²) in [7, 11) is 0. The van der Waals surface area contributed by atoms with E-state index in [2.05, 4.69) is 33.7 Å². The first-order valence-electron chi connectivity index (χ1n) is 6.61. The SMILES string of the molecule is Cc1ccc2nc(NCC[C@H]3CCCN3)nn2c1. The van der Waals surface area contributed by atoms with E-state index in [1.165, 1.54) is 18.4 Å². The van der Waals surface area contributed by atoms with Crippen molar-refractivity contribution in [3.05, 3.63) is 23.9 Å². The Labute approximate surface area is 107 Å². The van der Waals surface area contributed by atoms with Gasteiger partial charge < -0.3 is 10.6 Å². The number of nitrogens with zero attached hydrogens (tertiary/aromatic N) is 3. The van der Waals surface area contributed by atoms with Crippen molar-refractivity contribution in [3.8, 4) is 0 Å². The maximum atomic E-state index is 4.44. The monoisotopic (exact) mass is 245 g/mol. The van der Waals surface area contributed by atoms with Gasteiger partial charge in [-0.05, 0) is 44.4 Å². The van der Waals surface area contributed by atoms with Crippen LogP contribution >= 0.6 is 0 Å². The van der Waals surface area contributed by atoms with Crippen LogP contribution in [0.1, 0.15) is 24.8 Å². The first-order chi connectivity index (χ1) is 8.81. The number of anilines is 1. The average molecular weight is 245 g/mol. The van der Waals surface area contributed by atoms with E-state index in [0.717, 1.165) is 31.1 Å². The van der Waals surface area contributed by atoms with E-state index < -0.39 is 0 Å². The number of hydrogen-bond donors (Lipinski definition) is 2. The molecule has 2 N–H and O–H groups in total. The first-order valence-corrected chi connectivity index (χ1v) is 6.61. The maximum Gasteiger partial charge on any atom is 0.243 e. The molecule has 1 fully saturated rings. The third-order valence-electron chi connectivity index (χ3n) is 3.42. The van der Waals surface area contributed by atoms with Crippen molar-refractivity contribution >= 4 is 11.6 Å². The molecule has 1 atom stereocenters. The van der Waals surface area contributed by atoms with Crippen molar-refractivity contribution in [2.45, 2.75) is 32.2 Å². The predicted octanol–water partition coefficient (Wildman–Crippen LogP) is 1.59. The summed E-state index contributed by atoms with van der Waals surface area (Å²) in [5.41, 5.74) is 2.08. The predicted molar refractivity (Wildman–Crippen MR) is 71.9 cm³/mol. The zero-order chi connectivity index (χ0) is 12.4. The number of aromatic nitrogens is 3. The molecule has 0 saturated carbocycles. The lowest BCUT2D eigenvalue weighted by atomic mass is 10.2. The number of aryl methyl sites for hydroxylation is 1. The van der Waals surface area contributed by atoms with Crippen LogP contribution in [0.15, 0.2) is 18.3 Å². The fraction of sp³-hybridized carbons (Fsp3) is 0.538. The highest BCUT2D eigenvalue weighted by atomic mass is 15.3. The van der Waals surface area contributed by atoms with Crippen LogP contribution in [-0.4, -0.2) is 33.7 Å². The Bertz CT molecular complexity index is 527. The molecule has 1 saturated heterocycles. The van der Waals surface area contributed by atoms with Crippen LogP contribution in [0.4, 0.5) is 5.95 Å². The normalized spacial score (nSPS) is 19.5. The second-order valence-corrected chi connectivity index (χ2v) is 4.95. The number of pyridine rings is 1. The number of hydrogen-bond acceptors (Lipinski definition) is 4. The molecule has 1 aliphatic rings. The van der Waals surface area contributed by atoms with Crippen molar-refractivity contribution in [3.63, 3.8) is 0 Å². The summed E-state index contributed by atoms with van der Waals surface area (Å²) in [6, 6.07) is 4.71. The van der Waals surface area contributed by atoms with Crippen LogP contribution in [0.5, 0.6) is 0 Å². The molecule has 0 radical (unpaired) electrons. The molecule has 2 aromatic heterocycles. The number of rotatable bonds is 4. The molecule has 2 aromatic rings. The van der Waals surface area contributed by atoms with Crippen LogP contribution < -0.4 is 10.6 Å². The Hall–Kier alpha value is -1.62. The molecule has 18 heavy (non-hydrogen) atoms. The van der Waals surface area contributed by atoms with E-state index in [0.29, 0.717) is 6.04 Å². The van der Waals surface area contributed by atoms with E-state index in [4.69, 9.17) is 0 Å². The molecular weight excluding hydrogens is 226 g/mol. The Morgan fingerprint density at radius 3 is 3.28 bits per heavy atom. The molecule has 0 aromatic carbocycles. The van der Waals surface area contributed by atoms with Gasteiger partial charge in [0.25, 0.3) is 0 Å². The fourth-order valence-electron chi connectivity index (χ4n) is 2.42. The van der Waals surface area contributed by atoms with Gasteiger partial charge in [0.05, 0.1) is 0 Å². The summed E-state index contributed by atoms with van der Waals surface area (Å²) in [6.45, 7) is 4.14. The highest BCUT2D eigenvalue weighted by Gasteiger charge is 2.13. The smallest absolute Gasteiger partial charge is 0.243 e. The molecule has 0 unspecified atom stereocenters. The van der Waals surface area contributed by atoms with Crippen molar-refractivity contribution in [2.24, 2.45) is 0 Å². The van der Waals surface area contributed by atoms with Crippen molar-refractivity contribution in [2.75, 3.05) is 18.4 Å². The first kappa shape index (κ1) is 11.5. The Kier molecular flexibility index (Phi) is 3.15. The molecule has 0 amide bonds. The van der Waals surface area contributed by atoms with Crippen LogP contribution in [0.3, 0.4) is 0 Å². The molecule has 0 aliphatic carbocycles. The van der Waals surface area contributed by atoms with Crippen LogP contribution in [0, 0.1) is 6.92 Å². The largest absolute Gasteiger partial charge is 0.353 e. The van der Waals surface area contributed by atoms with E-state index in [9.17, 15) is 0 Å². The fourth-order valence-corrected chi connectivity index (χ4v) is 2.42. The minimum absolute atomic E-state index is 0.664. The summed E-state index contributed by atoms with van der Waals surface area (Å²) in [5, 5.41) is 11.2. The topological polar surface area (TPSA) is 54.2 Å². The molecule has 3 rings (SSSR count). The van der Waals surface area contributed by atoms with Crippen molar-refractivity contribution in [1.82, 2.24) is 19.9 Å². The molecule has 0 spiro atoms. The van der Waals surface area contributed by atoms with Crippen LogP contribution in [-0.2, 0) is 0 Å². The Morgan fingerprint density at radius 1 is 1.50 bits per heavy atom. The standard InChI is InChI=1S/C13H19N5/c1-10-4-5-12-16-13(17-18(12)9-10)15-8-6-11-3-2-7-14-11/h4-5,9,11,14H,2-3,6-8H2,1H3,(H,15,17)/t11-/m1/s1. The number of nitrogens with one attached hydrogen (secondary N) is 2. The zero-order valence-corrected chi connectivity index (χ0v) is 10.7. The van der Waals surface area contributed by atoms with Gasteiger partial charge in [0.2, 0.25) is 5.95 Å². The summed E-state index contributed by atoms with van der Waals surface area (Å²) in [4.78, 5) is 4.44. The zero-order valence-electron chi connectivity index (χ0n) is 10.7. The summed E-state index contributed by atoms with van der Waals surface area (Å²) in [5.74, 6) is 0.721. The van der Waals surface area contributed by atoms with E-state index in [1.807, 2.05) is 16.8 Å². The van der Waals surface area contributed by atoms with Crippen molar-refractivity contribution < 1.29 is 0 Å². The van der Waals surface area contributed by atoms with Gasteiger partial charge >= 0.3 is 0 Å². The van der Waals surface area contributed by atoms with Crippen LogP contribution in [0.25, 0.3) is 5.65 Å². The van der Waals surface area contributed by atoms with Crippen molar-refractivity contribution in [1.29, 1.82) is 0 Å². The summed E-state index contributed by atoms with van der Waals surface area (Å²) >= 11 is 0. The van der Waals surface area contributed by atoms with E-state index >= 15 is 0 Å². The van der Waals surface area contributed by atoms with Gasteiger partial charge in [-0.1, -0.05) is 6.07 Å². The summed E-state index contributed by atoms with van der Waals surface area (Å²) < 4.78 is 1.82. The van der Waals surface area contributed by atoms with Crippen LogP contribution in [0.2, 0.25) is 0 Å². The highest BCUT2D eigenvalue weighted by Crippen LogP contribution is 2.10. The second-order valence-electron chi connectivity index (χ2n) is 4.95. The van der Waals surface area contributed by atoms with Gasteiger partial charge in [-0.2, -0.15) is 4.98 Å². The third kappa shape index (κ3) is 2.46. The van der Waals surface area contributed by atoms with Gasteiger partial charge in [0.15, 0.2) is 5.65 Å².